The Morgan fingerprint density at radius 3 is 2.74 bits per heavy atom. The van der Waals surface area contributed by atoms with E-state index in [4.69, 9.17) is 4.74 Å². The Kier molecular flexibility index (Phi) is 9.24. The molecule has 1 aliphatic heterocycles. The zero-order chi connectivity index (χ0) is 15.8. The summed E-state index contributed by atoms with van der Waals surface area (Å²) in [5, 5.41) is 6.75. The highest BCUT2D eigenvalue weighted by molar-refractivity contribution is 14.0. The highest BCUT2D eigenvalue weighted by atomic mass is 127. The van der Waals surface area contributed by atoms with Gasteiger partial charge in [-0.2, -0.15) is 0 Å². The Morgan fingerprint density at radius 2 is 2.09 bits per heavy atom. The summed E-state index contributed by atoms with van der Waals surface area (Å²) in [4.78, 5) is 4.28. The monoisotopic (exact) mass is 429 g/mol. The van der Waals surface area contributed by atoms with Gasteiger partial charge >= 0.3 is 0 Å². The molecule has 5 heteroatoms. The molecule has 1 aromatic rings. The normalized spacial score (nSPS) is 14.7. The standard InChI is InChI=1S/C18H27N3O.HI/c1-14-4-5-17(15(2)12-14)13-21-18(19-3)20-9-6-16-7-10-22-11-8-16;/h4-5,7,12H,6,8-11,13H2,1-3H3,(H2,19,20,21);1H. The van der Waals surface area contributed by atoms with Crippen molar-refractivity contribution in [1.82, 2.24) is 10.6 Å². The van der Waals surface area contributed by atoms with Crippen molar-refractivity contribution >= 4 is 29.9 Å². The van der Waals surface area contributed by atoms with Crippen LogP contribution in [0.25, 0.3) is 0 Å². The quantitative estimate of drug-likeness (QED) is 0.327. The van der Waals surface area contributed by atoms with Crippen LogP contribution < -0.4 is 10.6 Å². The summed E-state index contributed by atoms with van der Waals surface area (Å²) in [5.74, 6) is 0.854. The highest BCUT2D eigenvalue weighted by Gasteiger charge is 2.05. The Morgan fingerprint density at radius 1 is 1.26 bits per heavy atom. The number of nitrogens with one attached hydrogen (secondary N) is 2. The van der Waals surface area contributed by atoms with Crippen molar-refractivity contribution in [2.24, 2.45) is 4.99 Å². The maximum Gasteiger partial charge on any atom is 0.191 e. The fourth-order valence-electron chi connectivity index (χ4n) is 2.58. The largest absolute Gasteiger partial charge is 0.377 e. The third-order valence-electron chi connectivity index (χ3n) is 3.96. The molecule has 0 radical (unpaired) electrons. The number of rotatable bonds is 5. The molecule has 2 rings (SSSR count). The van der Waals surface area contributed by atoms with Crippen LogP contribution in [0, 0.1) is 13.8 Å². The molecule has 1 heterocycles. The Hall–Kier alpha value is -1.08. The van der Waals surface area contributed by atoms with E-state index in [-0.39, 0.29) is 24.0 Å². The summed E-state index contributed by atoms with van der Waals surface area (Å²) in [5.41, 5.74) is 5.40. The molecule has 0 spiro atoms. The van der Waals surface area contributed by atoms with Crippen LogP contribution in [-0.2, 0) is 11.3 Å². The zero-order valence-corrected chi connectivity index (χ0v) is 16.6. The molecule has 128 valence electrons. The third-order valence-corrected chi connectivity index (χ3v) is 3.96. The molecule has 0 saturated heterocycles. The lowest BCUT2D eigenvalue weighted by atomic mass is 10.1. The predicted molar refractivity (Wildman–Crippen MR) is 108 cm³/mol. The Labute approximate surface area is 156 Å². The van der Waals surface area contributed by atoms with Crippen LogP contribution in [0.4, 0.5) is 0 Å². The Balaban J connectivity index is 0.00000264. The molecule has 0 atom stereocenters. The van der Waals surface area contributed by atoms with Crippen LogP contribution in [0.15, 0.2) is 34.8 Å². The number of hydrogen-bond acceptors (Lipinski definition) is 2. The fraction of sp³-hybridized carbons (Fsp3) is 0.500. The number of nitrogens with zero attached hydrogens (tertiary/aromatic N) is 1. The lowest BCUT2D eigenvalue weighted by Gasteiger charge is -2.16. The smallest absolute Gasteiger partial charge is 0.191 e. The van der Waals surface area contributed by atoms with Crippen molar-refractivity contribution in [2.45, 2.75) is 33.2 Å². The van der Waals surface area contributed by atoms with Crippen molar-refractivity contribution in [2.75, 3.05) is 26.8 Å². The maximum atomic E-state index is 5.32. The molecule has 0 unspecified atom stereocenters. The van der Waals surface area contributed by atoms with Gasteiger partial charge in [-0.15, -0.1) is 24.0 Å². The molecule has 0 aromatic heterocycles. The molecule has 0 saturated carbocycles. The Bertz CT molecular complexity index is 555. The highest BCUT2D eigenvalue weighted by Crippen LogP contribution is 2.11. The first-order valence-electron chi connectivity index (χ1n) is 7.95. The zero-order valence-electron chi connectivity index (χ0n) is 14.3. The number of aryl methyl sites for hydroxylation is 2. The first-order valence-corrected chi connectivity index (χ1v) is 7.95. The van der Waals surface area contributed by atoms with Gasteiger partial charge in [0.25, 0.3) is 0 Å². The lowest BCUT2D eigenvalue weighted by molar-refractivity contribution is 0.153. The van der Waals surface area contributed by atoms with Crippen LogP contribution in [-0.4, -0.2) is 32.8 Å². The van der Waals surface area contributed by atoms with Gasteiger partial charge in [0.1, 0.15) is 0 Å². The van der Waals surface area contributed by atoms with Gasteiger partial charge in [-0.1, -0.05) is 35.4 Å². The van der Waals surface area contributed by atoms with E-state index in [1.165, 1.54) is 22.3 Å². The molecular formula is C18H28IN3O. The minimum Gasteiger partial charge on any atom is -0.377 e. The van der Waals surface area contributed by atoms with Crippen molar-refractivity contribution in [3.05, 3.63) is 46.5 Å². The molecule has 2 N–H and O–H groups in total. The summed E-state index contributed by atoms with van der Waals surface area (Å²) >= 11 is 0. The van der Waals surface area contributed by atoms with Crippen molar-refractivity contribution in [3.63, 3.8) is 0 Å². The van der Waals surface area contributed by atoms with Crippen LogP contribution in [0.3, 0.4) is 0 Å². The minimum absolute atomic E-state index is 0. The lowest BCUT2D eigenvalue weighted by Crippen LogP contribution is -2.37. The van der Waals surface area contributed by atoms with Gasteiger partial charge in [-0.05, 0) is 37.8 Å². The van der Waals surface area contributed by atoms with Gasteiger partial charge in [0.05, 0.1) is 13.2 Å². The molecule has 0 fully saturated rings. The number of benzene rings is 1. The van der Waals surface area contributed by atoms with Crippen molar-refractivity contribution < 1.29 is 4.74 Å². The topological polar surface area (TPSA) is 45.7 Å². The molecule has 4 nitrogen and oxygen atoms in total. The number of halogens is 1. The van der Waals surface area contributed by atoms with E-state index >= 15 is 0 Å². The van der Waals surface area contributed by atoms with E-state index in [0.717, 1.165) is 45.1 Å². The van der Waals surface area contributed by atoms with E-state index < -0.39 is 0 Å². The molecule has 1 aromatic carbocycles. The van der Waals surface area contributed by atoms with Crippen LogP contribution >= 0.6 is 24.0 Å². The van der Waals surface area contributed by atoms with Crippen LogP contribution in [0.1, 0.15) is 29.5 Å². The second-order valence-electron chi connectivity index (χ2n) is 5.72. The van der Waals surface area contributed by atoms with Gasteiger partial charge < -0.3 is 15.4 Å². The molecule has 0 amide bonds. The summed E-state index contributed by atoms with van der Waals surface area (Å²) in [6, 6.07) is 6.54. The second-order valence-corrected chi connectivity index (χ2v) is 5.72. The van der Waals surface area contributed by atoms with E-state index in [9.17, 15) is 0 Å². The summed E-state index contributed by atoms with van der Waals surface area (Å²) in [7, 11) is 1.81. The predicted octanol–water partition coefficient (Wildman–Crippen LogP) is 3.32. The minimum atomic E-state index is 0. The van der Waals surface area contributed by atoms with Crippen LogP contribution in [0.2, 0.25) is 0 Å². The van der Waals surface area contributed by atoms with Gasteiger partial charge in [0, 0.05) is 20.1 Å². The number of aliphatic imine (C=N–C) groups is 1. The van der Waals surface area contributed by atoms with Crippen molar-refractivity contribution in [3.8, 4) is 0 Å². The van der Waals surface area contributed by atoms with Crippen molar-refractivity contribution in [1.29, 1.82) is 0 Å². The number of hydrogen-bond donors (Lipinski definition) is 2. The van der Waals surface area contributed by atoms with Gasteiger partial charge in [-0.3, -0.25) is 4.99 Å². The van der Waals surface area contributed by atoms with Gasteiger partial charge in [0.15, 0.2) is 5.96 Å². The van der Waals surface area contributed by atoms with E-state index in [1.807, 2.05) is 7.05 Å². The summed E-state index contributed by atoms with van der Waals surface area (Å²) in [6.45, 7) is 7.58. The van der Waals surface area contributed by atoms with Crippen LogP contribution in [0.5, 0.6) is 0 Å². The average Bonchev–Trinajstić information content (AvgIpc) is 2.53. The average molecular weight is 429 g/mol. The molecular weight excluding hydrogens is 401 g/mol. The molecule has 23 heavy (non-hydrogen) atoms. The summed E-state index contributed by atoms with van der Waals surface area (Å²) in [6.07, 6.45) is 4.29. The second kappa shape index (κ2) is 10.6. The SMILES string of the molecule is CN=C(NCCC1=CCOCC1)NCc1ccc(C)cc1C.I. The van der Waals surface area contributed by atoms with E-state index in [2.05, 4.69) is 53.7 Å². The number of guanidine groups is 1. The summed E-state index contributed by atoms with van der Waals surface area (Å²) < 4.78 is 5.32. The molecule has 0 aliphatic carbocycles. The number of ether oxygens (including phenoxy) is 1. The van der Waals surface area contributed by atoms with Gasteiger partial charge in [-0.25, -0.2) is 0 Å². The first kappa shape index (κ1) is 20.0. The van der Waals surface area contributed by atoms with E-state index in [1.54, 1.807) is 0 Å². The fourth-order valence-corrected chi connectivity index (χ4v) is 2.58. The maximum absolute atomic E-state index is 5.32. The molecule has 0 bridgehead atoms. The van der Waals surface area contributed by atoms with E-state index in [0.29, 0.717) is 0 Å². The first-order chi connectivity index (χ1) is 10.7. The van der Waals surface area contributed by atoms with Gasteiger partial charge in [0.2, 0.25) is 0 Å². The third kappa shape index (κ3) is 6.91. The molecule has 1 aliphatic rings.